The highest BCUT2D eigenvalue weighted by Crippen LogP contribution is 2.38. The van der Waals surface area contributed by atoms with Crippen molar-refractivity contribution in [3.8, 4) is 22.5 Å². The van der Waals surface area contributed by atoms with Crippen molar-refractivity contribution in [2.45, 2.75) is 51.7 Å². The van der Waals surface area contributed by atoms with E-state index in [0.717, 1.165) is 33.5 Å². The average Bonchev–Trinajstić information content (AvgIpc) is 3.49. The van der Waals surface area contributed by atoms with Crippen molar-refractivity contribution < 1.29 is 13.9 Å². The third kappa shape index (κ3) is 4.80. The number of benzene rings is 1. The predicted molar refractivity (Wildman–Crippen MR) is 159 cm³/mol. The van der Waals surface area contributed by atoms with Gasteiger partial charge < -0.3 is 20.3 Å². The maximum absolute atomic E-state index is 15.2. The van der Waals surface area contributed by atoms with Crippen molar-refractivity contribution >= 4 is 45.5 Å². The summed E-state index contributed by atoms with van der Waals surface area (Å²) in [5, 5.41) is 9.35. The molecule has 2 aliphatic heterocycles. The molecule has 2 N–H and O–H groups in total. The summed E-state index contributed by atoms with van der Waals surface area (Å²) < 4.78 is 25.5. The van der Waals surface area contributed by atoms with Crippen molar-refractivity contribution in [1.29, 1.82) is 0 Å². The molecular weight excluding hydrogens is 626 g/mol. The zero-order chi connectivity index (χ0) is 28.1. The summed E-state index contributed by atoms with van der Waals surface area (Å²) in [6, 6.07) is 9.31. The van der Waals surface area contributed by atoms with E-state index in [-0.39, 0.29) is 29.8 Å². The molecule has 4 aromatic rings. The molecule has 1 amide bonds. The highest BCUT2D eigenvalue weighted by molar-refractivity contribution is 14.1. The van der Waals surface area contributed by atoms with Gasteiger partial charge in [-0.25, -0.2) is 13.9 Å². The van der Waals surface area contributed by atoms with Crippen LogP contribution in [0.1, 0.15) is 39.7 Å². The summed E-state index contributed by atoms with van der Waals surface area (Å²) in [7, 11) is 0. The van der Waals surface area contributed by atoms with Gasteiger partial charge >= 0.3 is 0 Å². The summed E-state index contributed by atoms with van der Waals surface area (Å²) in [6.45, 7) is 8.27. The molecule has 0 saturated carbocycles. The molecule has 2 unspecified atom stereocenters. The number of piperazine rings is 1. The first-order valence-electron chi connectivity index (χ1n) is 13.5. The van der Waals surface area contributed by atoms with Gasteiger partial charge in [0.05, 0.1) is 17.4 Å². The summed E-state index contributed by atoms with van der Waals surface area (Å²) in [6.07, 6.45) is 3.16. The molecule has 5 heterocycles. The molecule has 210 valence electrons. The maximum Gasteiger partial charge on any atom is 0.220 e. The average molecular weight is 659 g/mol. The van der Waals surface area contributed by atoms with Crippen molar-refractivity contribution in [2.75, 3.05) is 36.9 Å². The number of fused-ring (bicyclic) bond motifs is 1. The number of carbonyl (C=O) groups excluding carboxylic acids is 1. The van der Waals surface area contributed by atoms with E-state index in [1.165, 1.54) is 12.4 Å². The van der Waals surface area contributed by atoms with Crippen LogP contribution in [0.4, 0.5) is 15.9 Å². The molecule has 40 heavy (non-hydrogen) atoms. The zero-order valence-corrected chi connectivity index (χ0v) is 24.9. The number of aromatic nitrogens is 5. The maximum atomic E-state index is 15.2. The van der Waals surface area contributed by atoms with E-state index in [0.29, 0.717) is 48.9 Å². The molecular formula is C28H32FIN8O2. The molecule has 0 radical (unpaired) electrons. The van der Waals surface area contributed by atoms with E-state index in [9.17, 15) is 4.79 Å². The van der Waals surface area contributed by atoms with Gasteiger partial charge in [-0.1, -0.05) is 0 Å². The van der Waals surface area contributed by atoms with Gasteiger partial charge in [0.25, 0.3) is 0 Å². The fraction of sp³-hybridized carbons (Fsp3) is 0.429. The summed E-state index contributed by atoms with van der Waals surface area (Å²) in [5.74, 6) is 0.0476. The molecule has 2 saturated heterocycles. The van der Waals surface area contributed by atoms with Crippen LogP contribution < -0.4 is 10.6 Å². The first kappa shape index (κ1) is 26.9. The Balaban J connectivity index is 1.45. The molecule has 3 aromatic heterocycles. The number of hydrogen-bond acceptors (Lipinski definition) is 7. The topological polar surface area (TPSA) is 107 Å². The molecule has 6 rings (SSSR count). The number of carbonyl (C=O) groups is 1. The van der Waals surface area contributed by atoms with Gasteiger partial charge in [-0.15, -0.1) is 0 Å². The number of nitrogen functional groups attached to an aromatic ring is 1. The van der Waals surface area contributed by atoms with E-state index < -0.39 is 0 Å². The second-order valence-corrected chi connectivity index (χ2v) is 11.8. The Kier molecular flexibility index (Phi) is 7.15. The SMILES string of the molecule is CC(=O)N1C(C)CN(c2cc(F)cc(-c3cc(-c4cc(I)nn4C4CCOCC4)c4c(N)ncnn34)c2)CC1C. The van der Waals surface area contributed by atoms with Gasteiger partial charge in [-0.05, 0) is 79.6 Å². The molecule has 1 aromatic carbocycles. The number of ether oxygens (including phenoxy) is 1. The largest absolute Gasteiger partial charge is 0.382 e. The normalized spacial score (nSPS) is 20.4. The van der Waals surface area contributed by atoms with Crippen molar-refractivity contribution in [3.63, 3.8) is 0 Å². The molecule has 2 aliphatic rings. The van der Waals surface area contributed by atoms with E-state index in [1.54, 1.807) is 17.5 Å². The molecule has 12 heteroatoms. The molecule has 0 spiro atoms. The Bertz CT molecular complexity index is 1570. The molecule has 0 bridgehead atoms. The van der Waals surface area contributed by atoms with E-state index >= 15 is 4.39 Å². The highest BCUT2D eigenvalue weighted by Gasteiger charge is 2.32. The number of anilines is 2. The zero-order valence-electron chi connectivity index (χ0n) is 22.7. The van der Waals surface area contributed by atoms with Crippen LogP contribution in [0.15, 0.2) is 36.7 Å². The van der Waals surface area contributed by atoms with Crippen LogP contribution in [-0.2, 0) is 9.53 Å². The van der Waals surface area contributed by atoms with Crippen molar-refractivity contribution in [1.82, 2.24) is 29.3 Å². The molecule has 10 nitrogen and oxygen atoms in total. The van der Waals surface area contributed by atoms with Crippen molar-refractivity contribution in [2.24, 2.45) is 0 Å². The third-order valence-corrected chi connectivity index (χ3v) is 8.45. The van der Waals surface area contributed by atoms with Gasteiger partial charge in [-0.2, -0.15) is 10.2 Å². The molecule has 0 aliphatic carbocycles. The molecule has 2 fully saturated rings. The quantitative estimate of drug-likeness (QED) is 0.325. The van der Waals surface area contributed by atoms with E-state index in [2.05, 4.69) is 42.3 Å². The minimum atomic E-state index is -0.345. The smallest absolute Gasteiger partial charge is 0.220 e. The van der Waals surface area contributed by atoms with Crippen molar-refractivity contribution in [3.05, 3.63) is 46.2 Å². The Morgan fingerprint density at radius 3 is 2.50 bits per heavy atom. The predicted octanol–water partition coefficient (Wildman–Crippen LogP) is 4.38. The Hall–Kier alpha value is -3.26. The van der Waals surface area contributed by atoms with Crippen LogP contribution in [0.25, 0.3) is 28.0 Å². The van der Waals surface area contributed by atoms with Crippen LogP contribution in [-0.4, -0.2) is 73.6 Å². The number of nitrogens with two attached hydrogens (primary N) is 1. The van der Waals surface area contributed by atoms with E-state index in [1.807, 2.05) is 36.9 Å². The van der Waals surface area contributed by atoms with Crippen LogP contribution in [0, 0.1) is 9.52 Å². The molecule has 2 atom stereocenters. The minimum Gasteiger partial charge on any atom is -0.382 e. The second-order valence-electron chi connectivity index (χ2n) is 10.7. The van der Waals surface area contributed by atoms with Gasteiger partial charge in [-0.3, -0.25) is 9.48 Å². The van der Waals surface area contributed by atoms with Gasteiger partial charge in [0, 0.05) is 62.1 Å². The Morgan fingerprint density at radius 2 is 1.80 bits per heavy atom. The summed E-state index contributed by atoms with van der Waals surface area (Å²) in [5.41, 5.74) is 11.0. The lowest BCUT2D eigenvalue weighted by Crippen LogP contribution is -2.58. The Morgan fingerprint density at radius 1 is 1.07 bits per heavy atom. The lowest BCUT2D eigenvalue weighted by molar-refractivity contribution is -0.133. The lowest BCUT2D eigenvalue weighted by Gasteiger charge is -2.45. The highest BCUT2D eigenvalue weighted by atomic mass is 127. The fourth-order valence-corrected chi connectivity index (χ4v) is 6.83. The number of halogens is 2. The minimum absolute atomic E-state index is 0.00851. The first-order chi connectivity index (χ1) is 19.2. The number of amides is 1. The number of rotatable bonds is 4. The fourth-order valence-electron chi connectivity index (χ4n) is 6.30. The Labute approximate surface area is 245 Å². The van der Waals surface area contributed by atoms with Crippen LogP contribution in [0.5, 0.6) is 0 Å². The summed E-state index contributed by atoms with van der Waals surface area (Å²) >= 11 is 2.23. The summed E-state index contributed by atoms with van der Waals surface area (Å²) in [4.78, 5) is 20.5. The second kappa shape index (κ2) is 10.6. The standard InChI is InChI=1S/C28H32FIN8O2/c1-16-13-35(14-17(2)36(16)18(3)39)22-9-19(8-20(29)10-22)24-11-23(27-28(31)32-15-33-38(24)27)25-12-26(30)34-37(25)21-4-6-40-7-5-21/h8-12,15-17,21H,4-7,13-14H2,1-3H3,(H2,31,32,33). The van der Waals surface area contributed by atoms with E-state index in [4.69, 9.17) is 15.6 Å². The van der Waals surface area contributed by atoms with Crippen LogP contribution in [0.3, 0.4) is 0 Å². The van der Waals surface area contributed by atoms with Crippen LogP contribution >= 0.6 is 22.6 Å². The number of hydrogen-bond donors (Lipinski definition) is 1. The lowest BCUT2D eigenvalue weighted by atomic mass is 10.0. The first-order valence-corrected chi connectivity index (χ1v) is 14.6. The number of nitrogens with zero attached hydrogens (tertiary/aromatic N) is 7. The third-order valence-electron chi connectivity index (χ3n) is 7.93. The van der Waals surface area contributed by atoms with Crippen LogP contribution in [0.2, 0.25) is 0 Å². The van der Waals surface area contributed by atoms with Gasteiger partial charge in [0.1, 0.15) is 21.4 Å². The van der Waals surface area contributed by atoms with Gasteiger partial charge in [0.15, 0.2) is 5.82 Å². The monoisotopic (exact) mass is 658 g/mol. The van der Waals surface area contributed by atoms with Gasteiger partial charge in [0.2, 0.25) is 5.91 Å².